The SMILES string of the molecule is [2H]C([2H])([2H])Oc1cc([N+]#[C-])ccc1N1CCN(Cc2ccc(COc3cccc4c3CN([C@@H](CCC(=O)OC(C)(C)C)C(N)=O)C4=O)c(F)c2)CC1. The van der Waals surface area contributed by atoms with Crippen LogP contribution in [0.5, 0.6) is 11.5 Å². The maximum absolute atomic E-state index is 15.3. The Morgan fingerprint density at radius 2 is 1.86 bits per heavy atom. The summed E-state index contributed by atoms with van der Waals surface area (Å²) in [6.07, 6.45) is -0.0853. The summed E-state index contributed by atoms with van der Waals surface area (Å²) in [5.74, 6) is -1.58. The van der Waals surface area contributed by atoms with Gasteiger partial charge in [-0.1, -0.05) is 24.3 Å². The van der Waals surface area contributed by atoms with Crippen LogP contribution in [0, 0.1) is 12.4 Å². The van der Waals surface area contributed by atoms with Crippen LogP contribution < -0.4 is 20.1 Å². The number of piperazine rings is 1. The van der Waals surface area contributed by atoms with Crippen molar-refractivity contribution in [1.29, 1.82) is 0 Å². The highest BCUT2D eigenvalue weighted by atomic mass is 19.1. The number of esters is 1. The molecule has 1 fully saturated rings. The fourth-order valence-electron chi connectivity index (χ4n) is 6.09. The van der Waals surface area contributed by atoms with Crippen molar-refractivity contribution in [1.82, 2.24) is 9.80 Å². The summed E-state index contributed by atoms with van der Waals surface area (Å²) in [6.45, 7) is 15.3. The molecule has 3 aromatic carbocycles. The fraction of sp³-hybridized carbons (Fsp3) is 0.405. The van der Waals surface area contributed by atoms with Crippen molar-refractivity contribution in [2.45, 2.75) is 65.0 Å². The zero-order valence-electron chi connectivity index (χ0n) is 30.8. The first-order valence-electron chi connectivity index (χ1n) is 17.5. The average Bonchev–Trinajstić information content (AvgIpc) is 3.39. The quantitative estimate of drug-likeness (QED) is 0.205. The van der Waals surface area contributed by atoms with Gasteiger partial charge in [-0.3, -0.25) is 19.3 Å². The molecule has 2 amide bonds. The van der Waals surface area contributed by atoms with E-state index in [2.05, 4.69) is 9.74 Å². The van der Waals surface area contributed by atoms with Crippen molar-refractivity contribution in [3.8, 4) is 11.5 Å². The van der Waals surface area contributed by atoms with E-state index >= 15 is 4.39 Å². The van der Waals surface area contributed by atoms with Crippen LogP contribution in [0.25, 0.3) is 4.85 Å². The van der Waals surface area contributed by atoms with Gasteiger partial charge in [0, 0.05) is 55.8 Å². The minimum atomic E-state index is -2.65. The van der Waals surface area contributed by atoms with Gasteiger partial charge in [-0.25, -0.2) is 9.24 Å². The molecule has 12 heteroatoms. The number of fused-ring (bicyclic) bond motifs is 1. The van der Waals surface area contributed by atoms with Gasteiger partial charge in [0.05, 0.1) is 30.0 Å². The Morgan fingerprint density at radius 1 is 1.08 bits per heavy atom. The van der Waals surface area contributed by atoms with Crippen LogP contribution in [0.4, 0.5) is 15.8 Å². The molecule has 2 aliphatic rings. The Kier molecular flexibility index (Phi) is 9.50. The number of hydrogen-bond acceptors (Lipinski definition) is 8. The number of halogens is 1. The Labute approximate surface area is 290 Å². The molecule has 49 heavy (non-hydrogen) atoms. The second-order valence-electron chi connectivity index (χ2n) is 13.1. The van der Waals surface area contributed by atoms with Crippen LogP contribution >= 0.6 is 0 Å². The molecule has 3 aromatic rings. The molecule has 11 nitrogen and oxygen atoms in total. The molecule has 258 valence electrons. The lowest BCUT2D eigenvalue weighted by Crippen LogP contribution is -2.46. The third-order valence-electron chi connectivity index (χ3n) is 8.50. The number of hydrogen-bond donors (Lipinski definition) is 1. The van der Waals surface area contributed by atoms with Crippen molar-refractivity contribution >= 4 is 29.2 Å². The van der Waals surface area contributed by atoms with Gasteiger partial charge in [0.25, 0.3) is 5.91 Å². The fourth-order valence-corrected chi connectivity index (χ4v) is 6.09. The van der Waals surface area contributed by atoms with Gasteiger partial charge in [0.1, 0.15) is 35.6 Å². The predicted molar refractivity (Wildman–Crippen MR) is 182 cm³/mol. The maximum atomic E-state index is 15.3. The molecule has 5 rings (SSSR count). The monoisotopic (exact) mass is 674 g/mol. The number of benzene rings is 3. The molecule has 0 saturated carbocycles. The van der Waals surface area contributed by atoms with Crippen LogP contribution in [0.3, 0.4) is 0 Å². The normalized spacial score (nSPS) is 16.6. The van der Waals surface area contributed by atoms with Crippen LogP contribution in [0.2, 0.25) is 0 Å². The number of anilines is 1. The highest BCUT2D eigenvalue weighted by molar-refractivity contribution is 6.01. The van der Waals surface area contributed by atoms with Crippen molar-refractivity contribution in [2.24, 2.45) is 5.73 Å². The minimum absolute atomic E-state index is 0.00794. The molecular formula is C37H42FN5O6. The summed E-state index contributed by atoms with van der Waals surface area (Å²) in [5, 5.41) is 0. The molecule has 0 bridgehead atoms. The van der Waals surface area contributed by atoms with Gasteiger partial charge < -0.3 is 29.7 Å². The van der Waals surface area contributed by atoms with E-state index in [0.29, 0.717) is 60.9 Å². The highest BCUT2D eigenvalue weighted by Crippen LogP contribution is 2.35. The van der Waals surface area contributed by atoms with Gasteiger partial charge in [-0.05, 0) is 63.1 Å². The second-order valence-corrected chi connectivity index (χ2v) is 13.1. The average molecular weight is 675 g/mol. The van der Waals surface area contributed by atoms with Crippen LogP contribution in [-0.4, -0.2) is 72.4 Å². The summed E-state index contributed by atoms with van der Waals surface area (Å²) in [5.41, 5.74) is 7.84. The van der Waals surface area contributed by atoms with Gasteiger partial charge >= 0.3 is 5.97 Å². The number of ether oxygens (including phenoxy) is 3. The lowest BCUT2D eigenvalue weighted by Gasteiger charge is -2.36. The van der Waals surface area contributed by atoms with Crippen molar-refractivity contribution in [3.63, 3.8) is 0 Å². The number of nitrogens with two attached hydrogens (primary N) is 1. The Bertz CT molecular complexity index is 1870. The lowest BCUT2D eigenvalue weighted by atomic mass is 10.1. The van der Waals surface area contributed by atoms with Gasteiger partial charge in [-0.15, -0.1) is 0 Å². The van der Waals surface area contributed by atoms with Gasteiger partial charge in [0.15, 0.2) is 5.69 Å². The number of carbonyl (C=O) groups excluding carboxylic acids is 3. The number of methoxy groups -OCH3 is 1. The van der Waals surface area contributed by atoms with Crippen molar-refractivity contribution < 1.29 is 37.1 Å². The smallest absolute Gasteiger partial charge is 0.306 e. The molecule has 0 aromatic heterocycles. The standard InChI is InChI=1S/C37H42FN5O6/c1-37(2,3)49-34(44)14-13-31(35(39)45)43-22-28-27(36(43)46)7-6-8-32(28)48-23-25-10-9-24(19-29(25)38)21-41-15-17-42(18-16-41)30-12-11-26(40-4)20-33(30)47-5/h6-12,19-20,31H,13-18,21-23H2,1-3,5H3,(H2,39,45)/t31-/m0/s1/i5D3. The van der Waals surface area contributed by atoms with E-state index in [1.807, 2.05) is 11.0 Å². The van der Waals surface area contributed by atoms with Crippen LogP contribution in [0.15, 0.2) is 54.6 Å². The summed E-state index contributed by atoms with van der Waals surface area (Å²) in [7, 11) is -2.65. The third kappa shape index (κ3) is 8.48. The van der Waals surface area contributed by atoms with E-state index in [9.17, 15) is 14.4 Å². The predicted octanol–water partition coefficient (Wildman–Crippen LogP) is 5.22. The van der Waals surface area contributed by atoms with E-state index in [0.717, 1.165) is 5.56 Å². The molecule has 0 unspecified atom stereocenters. The molecule has 2 heterocycles. The zero-order valence-corrected chi connectivity index (χ0v) is 27.8. The molecule has 2 aliphatic heterocycles. The van der Waals surface area contributed by atoms with Crippen LogP contribution in [0.1, 0.15) is 64.8 Å². The summed E-state index contributed by atoms with van der Waals surface area (Å²) in [6, 6.07) is 13.7. The number of nitrogens with zero attached hydrogens (tertiary/aromatic N) is 4. The number of rotatable bonds is 12. The van der Waals surface area contributed by atoms with E-state index in [1.165, 1.54) is 17.0 Å². The molecule has 1 atom stereocenters. The summed E-state index contributed by atoms with van der Waals surface area (Å²) >= 11 is 0. The number of primary amides is 1. The lowest BCUT2D eigenvalue weighted by molar-refractivity contribution is -0.155. The molecule has 1 saturated heterocycles. The second kappa shape index (κ2) is 15.0. The molecule has 0 spiro atoms. The molecular weight excluding hydrogens is 629 g/mol. The van der Waals surface area contributed by atoms with E-state index in [1.54, 1.807) is 57.2 Å². The van der Waals surface area contributed by atoms with E-state index in [4.69, 9.17) is 30.6 Å². The zero-order chi connectivity index (χ0) is 37.8. The van der Waals surface area contributed by atoms with Crippen molar-refractivity contribution in [2.75, 3.05) is 38.1 Å². The number of carbonyl (C=O) groups is 3. The van der Waals surface area contributed by atoms with Crippen LogP contribution in [-0.2, 0) is 34.0 Å². The topological polar surface area (TPSA) is 119 Å². The van der Waals surface area contributed by atoms with Crippen molar-refractivity contribution in [3.05, 3.63) is 94.1 Å². The van der Waals surface area contributed by atoms with E-state index in [-0.39, 0.29) is 37.4 Å². The van der Waals surface area contributed by atoms with Gasteiger partial charge in [0.2, 0.25) is 5.91 Å². The first-order chi connectivity index (χ1) is 24.5. The first kappa shape index (κ1) is 31.1. The summed E-state index contributed by atoms with van der Waals surface area (Å²) in [4.78, 5) is 46.9. The third-order valence-corrected chi connectivity index (χ3v) is 8.50. The Hall–Kier alpha value is -5.15. The molecule has 0 aliphatic carbocycles. The highest BCUT2D eigenvalue weighted by Gasteiger charge is 2.37. The Morgan fingerprint density at radius 3 is 2.53 bits per heavy atom. The molecule has 0 radical (unpaired) electrons. The maximum Gasteiger partial charge on any atom is 0.306 e. The summed E-state index contributed by atoms with van der Waals surface area (Å²) < 4.78 is 54.4. The largest absolute Gasteiger partial charge is 0.496 e. The minimum Gasteiger partial charge on any atom is -0.496 e. The van der Waals surface area contributed by atoms with E-state index < -0.39 is 42.3 Å². The number of amides is 2. The molecule has 2 N–H and O–H groups in total. The Balaban J connectivity index is 1.17. The van der Waals surface area contributed by atoms with Gasteiger partial charge in [-0.2, -0.15) is 0 Å². The first-order valence-corrected chi connectivity index (χ1v) is 16.0.